The van der Waals surface area contributed by atoms with E-state index < -0.39 is 7.12 Å². The maximum atomic E-state index is 6.02. The van der Waals surface area contributed by atoms with Crippen LogP contribution in [0.4, 0.5) is 0 Å². The monoisotopic (exact) mass is 327 g/mol. The molecular weight excluding hydrogens is 309 g/mol. The maximum Gasteiger partial charge on any atom is 0.500 e. The van der Waals surface area contributed by atoms with Crippen LogP contribution in [0.2, 0.25) is 0 Å². The molecule has 19 heavy (non-hydrogen) atoms. The van der Waals surface area contributed by atoms with Gasteiger partial charge in [0.1, 0.15) is 0 Å². The highest BCUT2D eigenvalue weighted by molar-refractivity contribution is 9.10. The third kappa shape index (κ3) is 2.53. The minimum Gasteiger partial charge on any atom is -0.481 e. The van der Waals surface area contributed by atoms with Gasteiger partial charge in [-0.3, -0.25) is 0 Å². The Balaban J connectivity index is 2.42. The van der Waals surface area contributed by atoms with Gasteiger partial charge in [-0.1, -0.05) is 0 Å². The zero-order valence-electron chi connectivity index (χ0n) is 12.2. The number of pyridine rings is 1. The summed E-state index contributed by atoms with van der Waals surface area (Å²) >= 11 is 3.48. The second-order valence-electron chi connectivity index (χ2n) is 5.74. The molecule has 1 fully saturated rings. The van der Waals surface area contributed by atoms with Crippen LogP contribution in [0.3, 0.4) is 0 Å². The Hall–Kier alpha value is -0.585. The molecule has 0 radical (unpaired) electrons. The van der Waals surface area contributed by atoms with Crippen molar-refractivity contribution in [3.63, 3.8) is 0 Å². The SMILES string of the molecule is COc1nc(C)c(Br)cc1B1OC(C)(C)C(C)(C)O1. The molecule has 2 heterocycles. The number of ether oxygens (including phenoxy) is 1. The Morgan fingerprint density at radius 3 is 2.21 bits per heavy atom. The van der Waals surface area contributed by atoms with Crippen molar-refractivity contribution >= 4 is 28.5 Å². The van der Waals surface area contributed by atoms with Crippen molar-refractivity contribution in [1.29, 1.82) is 0 Å². The Morgan fingerprint density at radius 1 is 1.21 bits per heavy atom. The van der Waals surface area contributed by atoms with E-state index in [4.69, 9.17) is 14.0 Å². The third-order valence-corrected chi connectivity index (χ3v) is 4.65. The molecule has 6 heteroatoms. The van der Waals surface area contributed by atoms with Crippen molar-refractivity contribution in [3.05, 3.63) is 16.2 Å². The summed E-state index contributed by atoms with van der Waals surface area (Å²) in [6, 6.07) is 1.95. The van der Waals surface area contributed by atoms with Crippen LogP contribution in [-0.4, -0.2) is 30.4 Å². The Kier molecular flexibility index (Phi) is 3.71. The van der Waals surface area contributed by atoms with E-state index in [1.807, 2.05) is 40.7 Å². The summed E-state index contributed by atoms with van der Waals surface area (Å²) in [4.78, 5) is 4.40. The van der Waals surface area contributed by atoms with Crippen molar-refractivity contribution in [1.82, 2.24) is 4.98 Å². The van der Waals surface area contributed by atoms with Gasteiger partial charge < -0.3 is 14.0 Å². The Morgan fingerprint density at radius 2 is 1.74 bits per heavy atom. The number of hydrogen-bond donors (Lipinski definition) is 0. The van der Waals surface area contributed by atoms with E-state index in [2.05, 4.69) is 20.9 Å². The minimum atomic E-state index is -0.468. The number of aryl methyl sites for hydroxylation is 1. The van der Waals surface area contributed by atoms with E-state index in [9.17, 15) is 0 Å². The van der Waals surface area contributed by atoms with Gasteiger partial charge in [-0.05, 0) is 56.6 Å². The standard InChI is InChI=1S/C13H19BBrNO3/c1-8-10(15)7-9(11(16-8)17-6)14-18-12(2,3)13(4,5)19-14/h7H,1-6H3. The molecule has 0 aromatic carbocycles. The van der Waals surface area contributed by atoms with Crippen LogP contribution < -0.4 is 10.2 Å². The first-order chi connectivity index (χ1) is 8.68. The molecule has 1 aromatic heterocycles. The second kappa shape index (κ2) is 4.75. The second-order valence-corrected chi connectivity index (χ2v) is 6.60. The van der Waals surface area contributed by atoms with Crippen molar-refractivity contribution in [2.75, 3.05) is 7.11 Å². The number of rotatable bonds is 2. The molecule has 1 saturated heterocycles. The van der Waals surface area contributed by atoms with E-state index >= 15 is 0 Å². The summed E-state index contributed by atoms with van der Waals surface area (Å²) in [6.07, 6.45) is 0. The van der Waals surface area contributed by atoms with E-state index in [-0.39, 0.29) is 11.2 Å². The summed E-state index contributed by atoms with van der Waals surface area (Å²) in [5.74, 6) is 0.541. The van der Waals surface area contributed by atoms with Gasteiger partial charge in [0.25, 0.3) is 0 Å². The molecule has 4 nitrogen and oxygen atoms in total. The van der Waals surface area contributed by atoms with Crippen LogP contribution in [-0.2, 0) is 9.31 Å². The van der Waals surface area contributed by atoms with Crippen LogP contribution in [0.25, 0.3) is 0 Å². The van der Waals surface area contributed by atoms with Gasteiger partial charge in [0.15, 0.2) is 0 Å². The summed E-state index contributed by atoms with van der Waals surface area (Å²) in [7, 11) is 1.13. The average molecular weight is 328 g/mol. The van der Waals surface area contributed by atoms with Crippen molar-refractivity contribution < 1.29 is 14.0 Å². The maximum absolute atomic E-state index is 6.02. The highest BCUT2D eigenvalue weighted by atomic mass is 79.9. The highest BCUT2D eigenvalue weighted by Gasteiger charge is 2.52. The predicted molar refractivity (Wildman–Crippen MR) is 78.9 cm³/mol. The van der Waals surface area contributed by atoms with E-state index in [1.165, 1.54) is 0 Å². The lowest BCUT2D eigenvalue weighted by atomic mass is 9.79. The molecule has 0 unspecified atom stereocenters. The Labute approximate surface area is 123 Å². The van der Waals surface area contributed by atoms with Crippen molar-refractivity contribution in [2.45, 2.75) is 45.8 Å². The predicted octanol–water partition coefficient (Wildman–Crippen LogP) is 2.46. The fourth-order valence-electron chi connectivity index (χ4n) is 1.88. The molecule has 0 N–H and O–H groups in total. The van der Waals surface area contributed by atoms with Crippen LogP contribution in [0.5, 0.6) is 5.88 Å². The summed E-state index contributed by atoms with van der Waals surface area (Å²) in [5.41, 5.74) is 0.927. The van der Waals surface area contributed by atoms with E-state index in [0.717, 1.165) is 15.6 Å². The van der Waals surface area contributed by atoms with Gasteiger partial charge in [-0.2, -0.15) is 0 Å². The van der Waals surface area contributed by atoms with E-state index in [0.29, 0.717) is 5.88 Å². The Bertz CT molecular complexity index is 489. The lowest BCUT2D eigenvalue weighted by Gasteiger charge is -2.32. The molecule has 1 aromatic rings. The van der Waals surface area contributed by atoms with Gasteiger partial charge in [0, 0.05) is 9.94 Å². The van der Waals surface area contributed by atoms with Crippen molar-refractivity contribution in [3.8, 4) is 5.88 Å². The van der Waals surface area contributed by atoms with Crippen LogP contribution in [0, 0.1) is 6.92 Å². The number of methoxy groups -OCH3 is 1. The average Bonchev–Trinajstić information content (AvgIpc) is 2.51. The quantitative estimate of drug-likeness (QED) is 0.782. The molecule has 0 aliphatic carbocycles. The lowest BCUT2D eigenvalue weighted by molar-refractivity contribution is 0.00578. The third-order valence-electron chi connectivity index (χ3n) is 3.84. The normalized spacial score (nSPS) is 20.7. The fraction of sp³-hybridized carbons (Fsp3) is 0.615. The molecular formula is C13H19BBrNO3. The van der Waals surface area contributed by atoms with E-state index in [1.54, 1.807) is 7.11 Å². The van der Waals surface area contributed by atoms with Crippen molar-refractivity contribution in [2.24, 2.45) is 0 Å². The highest BCUT2D eigenvalue weighted by Crippen LogP contribution is 2.37. The van der Waals surface area contributed by atoms with Crippen LogP contribution >= 0.6 is 15.9 Å². The summed E-state index contributed by atoms with van der Waals surface area (Å²) in [5, 5.41) is 0. The van der Waals surface area contributed by atoms with Crippen LogP contribution in [0.1, 0.15) is 33.4 Å². The molecule has 0 atom stereocenters. The minimum absolute atomic E-state index is 0.375. The molecule has 1 aliphatic heterocycles. The van der Waals surface area contributed by atoms with Gasteiger partial charge in [-0.15, -0.1) is 0 Å². The summed E-state index contributed by atoms with van der Waals surface area (Å²) < 4.78 is 18.3. The molecule has 0 saturated carbocycles. The zero-order chi connectivity index (χ0) is 14.4. The molecule has 2 rings (SSSR count). The topological polar surface area (TPSA) is 40.6 Å². The smallest absolute Gasteiger partial charge is 0.481 e. The molecule has 0 spiro atoms. The zero-order valence-corrected chi connectivity index (χ0v) is 13.8. The fourth-order valence-corrected chi connectivity index (χ4v) is 2.21. The lowest BCUT2D eigenvalue weighted by Crippen LogP contribution is -2.41. The van der Waals surface area contributed by atoms with Crippen LogP contribution in [0.15, 0.2) is 10.5 Å². The molecule has 0 bridgehead atoms. The molecule has 1 aliphatic rings. The largest absolute Gasteiger partial charge is 0.500 e. The molecule has 104 valence electrons. The first-order valence-corrected chi connectivity index (χ1v) is 7.04. The molecule has 0 amide bonds. The first-order valence-electron chi connectivity index (χ1n) is 6.24. The van der Waals surface area contributed by atoms with Gasteiger partial charge in [0.2, 0.25) is 5.88 Å². The van der Waals surface area contributed by atoms with Gasteiger partial charge in [-0.25, -0.2) is 4.98 Å². The van der Waals surface area contributed by atoms with Gasteiger partial charge in [0.05, 0.1) is 24.0 Å². The number of aromatic nitrogens is 1. The van der Waals surface area contributed by atoms with Gasteiger partial charge >= 0.3 is 7.12 Å². The number of halogens is 1. The number of hydrogen-bond acceptors (Lipinski definition) is 4. The first kappa shape index (κ1) is 14.8. The summed E-state index contributed by atoms with van der Waals surface area (Å²) in [6.45, 7) is 10.0. The number of nitrogens with zero attached hydrogens (tertiary/aromatic N) is 1.